The van der Waals surface area contributed by atoms with Gasteiger partial charge in [0.2, 0.25) is 0 Å². The molecule has 156 valence electrons. The number of carbonyl (C=O) groups excluding carboxylic acids is 1. The molecule has 4 rings (SSSR count). The van der Waals surface area contributed by atoms with Crippen molar-refractivity contribution < 1.29 is 13.9 Å². The van der Waals surface area contributed by atoms with Crippen LogP contribution in [-0.2, 0) is 19.4 Å². The number of nitrogens with zero attached hydrogens (tertiary/aromatic N) is 3. The fourth-order valence-corrected chi connectivity index (χ4v) is 4.07. The minimum atomic E-state index is -0.297. The molecule has 0 bridgehead atoms. The molecule has 1 aliphatic carbocycles. The molecule has 7 heteroatoms. The second kappa shape index (κ2) is 8.26. The average molecular weight is 408 g/mol. The molecular formula is C23H25FN4O2. The van der Waals surface area contributed by atoms with E-state index in [0.717, 1.165) is 65.2 Å². The van der Waals surface area contributed by atoms with Crippen molar-refractivity contribution in [3.05, 3.63) is 70.1 Å². The molecule has 0 fully saturated rings. The predicted octanol–water partition coefficient (Wildman–Crippen LogP) is 3.84. The first-order valence-electron chi connectivity index (χ1n) is 10.1. The van der Waals surface area contributed by atoms with E-state index in [4.69, 9.17) is 4.74 Å². The van der Waals surface area contributed by atoms with Crippen molar-refractivity contribution >= 4 is 5.91 Å². The van der Waals surface area contributed by atoms with E-state index >= 15 is 0 Å². The zero-order chi connectivity index (χ0) is 21.3. The maximum atomic E-state index is 13.3. The molecular weight excluding hydrogens is 383 g/mol. The van der Waals surface area contributed by atoms with Crippen LogP contribution in [-0.4, -0.2) is 27.8 Å². The lowest BCUT2D eigenvalue weighted by molar-refractivity contribution is 0.0944. The van der Waals surface area contributed by atoms with Crippen molar-refractivity contribution in [3.8, 4) is 11.4 Å². The second-order valence-corrected chi connectivity index (χ2v) is 7.60. The summed E-state index contributed by atoms with van der Waals surface area (Å²) >= 11 is 0. The molecule has 6 nitrogen and oxygen atoms in total. The fraction of sp³-hybridized carbons (Fsp3) is 0.348. The minimum Gasteiger partial charge on any atom is -0.496 e. The third-order valence-electron chi connectivity index (χ3n) is 5.63. The molecule has 0 spiro atoms. The second-order valence-electron chi connectivity index (χ2n) is 7.60. The van der Waals surface area contributed by atoms with Gasteiger partial charge in [0.15, 0.2) is 5.69 Å². The molecule has 0 saturated carbocycles. The standard InChI is InChI=1S/C23H25FN4O2/c1-14-12-25-19(15(2)22(14)30-3)13-26-23(29)21-18-6-4-5-7-20(18)28(27-21)17-10-8-16(24)9-11-17/h8-12H,4-7,13H2,1-3H3,(H,26,29). The zero-order valence-electron chi connectivity index (χ0n) is 17.5. The van der Waals surface area contributed by atoms with E-state index in [1.807, 2.05) is 13.8 Å². The highest BCUT2D eigenvalue weighted by atomic mass is 19.1. The summed E-state index contributed by atoms with van der Waals surface area (Å²) < 4.78 is 20.6. The fourth-order valence-electron chi connectivity index (χ4n) is 4.07. The van der Waals surface area contributed by atoms with Crippen molar-refractivity contribution in [2.75, 3.05) is 7.11 Å². The molecule has 0 atom stereocenters. The lowest BCUT2D eigenvalue weighted by atomic mass is 9.95. The van der Waals surface area contributed by atoms with Crippen LogP contribution < -0.4 is 10.1 Å². The van der Waals surface area contributed by atoms with Crippen molar-refractivity contribution in [2.24, 2.45) is 0 Å². The summed E-state index contributed by atoms with van der Waals surface area (Å²) in [6.45, 7) is 4.17. The molecule has 2 heterocycles. The number of benzene rings is 1. The lowest BCUT2D eigenvalue weighted by Gasteiger charge is -2.14. The number of fused-ring (bicyclic) bond motifs is 1. The molecule has 0 aliphatic heterocycles. The van der Waals surface area contributed by atoms with Crippen LogP contribution >= 0.6 is 0 Å². The Balaban J connectivity index is 1.61. The van der Waals surface area contributed by atoms with Crippen molar-refractivity contribution in [1.29, 1.82) is 0 Å². The SMILES string of the molecule is COc1c(C)cnc(CNC(=O)c2nn(-c3ccc(F)cc3)c3c2CCCC3)c1C. The first kappa shape index (κ1) is 20.1. The number of amides is 1. The number of ether oxygens (including phenoxy) is 1. The first-order chi connectivity index (χ1) is 14.5. The molecule has 0 unspecified atom stereocenters. The van der Waals surface area contributed by atoms with Crippen LogP contribution in [0.2, 0.25) is 0 Å². The molecule has 1 amide bonds. The molecule has 0 saturated heterocycles. The number of carbonyl (C=O) groups is 1. The van der Waals surface area contributed by atoms with Crippen molar-refractivity contribution in [3.63, 3.8) is 0 Å². The number of hydrogen-bond acceptors (Lipinski definition) is 4. The molecule has 1 N–H and O–H groups in total. The Kier molecular flexibility index (Phi) is 5.53. The van der Waals surface area contributed by atoms with Gasteiger partial charge in [0.1, 0.15) is 11.6 Å². The van der Waals surface area contributed by atoms with Crippen molar-refractivity contribution in [2.45, 2.75) is 46.1 Å². The van der Waals surface area contributed by atoms with E-state index in [1.165, 1.54) is 12.1 Å². The Bertz CT molecular complexity index is 1090. The van der Waals surface area contributed by atoms with Crippen LogP contribution in [0.15, 0.2) is 30.5 Å². The number of aromatic nitrogens is 3. The Morgan fingerprint density at radius 3 is 2.67 bits per heavy atom. The van der Waals surface area contributed by atoms with Crippen molar-refractivity contribution in [1.82, 2.24) is 20.1 Å². The molecule has 30 heavy (non-hydrogen) atoms. The van der Waals surface area contributed by atoms with Gasteiger partial charge in [-0.25, -0.2) is 9.07 Å². The van der Waals surface area contributed by atoms with Gasteiger partial charge in [-0.05, 0) is 63.8 Å². The first-order valence-corrected chi connectivity index (χ1v) is 10.1. The maximum absolute atomic E-state index is 13.3. The zero-order valence-corrected chi connectivity index (χ0v) is 17.5. The van der Waals surface area contributed by atoms with Crippen LogP contribution in [0, 0.1) is 19.7 Å². The number of halogens is 1. The highest BCUT2D eigenvalue weighted by Crippen LogP contribution is 2.28. The van der Waals surface area contributed by atoms with E-state index in [2.05, 4.69) is 15.4 Å². The van der Waals surface area contributed by atoms with E-state index in [1.54, 1.807) is 30.1 Å². The minimum absolute atomic E-state index is 0.227. The van der Waals surface area contributed by atoms with Gasteiger partial charge in [-0.3, -0.25) is 9.78 Å². The van der Waals surface area contributed by atoms with Gasteiger partial charge in [-0.1, -0.05) is 0 Å². The summed E-state index contributed by atoms with van der Waals surface area (Å²) in [5.74, 6) is 0.260. The summed E-state index contributed by atoms with van der Waals surface area (Å²) in [6.07, 6.45) is 5.49. The van der Waals surface area contributed by atoms with Gasteiger partial charge in [-0.15, -0.1) is 0 Å². The van der Waals surface area contributed by atoms with Crippen LogP contribution in [0.1, 0.15) is 51.4 Å². The Morgan fingerprint density at radius 2 is 1.93 bits per heavy atom. The molecule has 1 aromatic carbocycles. The molecule has 3 aromatic rings. The predicted molar refractivity (Wildman–Crippen MR) is 112 cm³/mol. The largest absolute Gasteiger partial charge is 0.496 e. The summed E-state index contributed by atoms with van der Waals surface area (Å²) in [7, 11) is 1.63. The quantitative estimate of drug-likeness (QED) is 0.696. The lowest BCUT2D eigenvalue weighted by Crippen LogP contribution is -2.25. The Hall–Kier alpha value is -3.22. The van der Waals surface area contributed by atoms with Gasteiger partial charge < -0.3 is 10.1 Å². The van der Waals surface area contributed by atoms with Crippen LogP contribution in [0.25, 0.3) is 5.69 Å². The number of methoxy groups -OCH3 is 1. The summed E-state index contributed by atoms with van der Waals surface area (Å²) in [5, 5.41) is 7.57. The summed E-state index contributed by atoms with van der Waals surface area (Å²) in [6, 6.07) is 6.19. The summed E-state index contributed by atoms with van der Waals surface area (Å²) in [4.78, 5) is 17.5. The average Bonchev–Trinajstić information content (AvgIpc) is 3.14. The van der Waals surface area contributed by atoms with Crippen LogP contribution in [0.5, 0.6) is 5.75 Å². The summed E-state index contributed by atoms with van der Waals surface area (Å²) in [5.41, 5.74) is 5.84. The van der Waals surface area contributed by atoms with E-state index in [-0.39, 0.29) is 11.7 Å². The topological polar surface area (TPSA) is 69.0 Å². The Labute approximate surface area is 175 Å². The van der Waals surface area contributed by atoms with E-state index in [0.29, 0.717) is 12.2 Å². The molecule has 1 aliphatic rings. The third-order valence-corrected chi connectivity index (χ3v) is 5.63. The highest BCUT2D eigenvalue weighted by Gasteiger charge is 2.25. The number of rotatable bonds is 5. The highest BCUT2D eigenvalue weighted by molar-refractivity contribution is 5.94. The van der Waals surface area contributed by atoms with Gasteiger partial charge >= 0.3 is 0 Å². The smallest absolute Gasteiger partial charge is 0.272 e. The van der Waals surface area contributed by atoms with Gasteiger partial charge in [0.25, 0.3) is 5.91 Å². The number of aryl methyl sites for hydroxylation is 1. The van der Waals surface area contributed by atoms with Crippen LogP contribution in [0.3, 0.4) is 0 Å². The maximum Gasteiger partial charge on any atom is 0.272 e. The third kappa shape index (κ3) is 3.67. The van der Waals surface area contributed by atoms with E-state index in [9.17, 15) is 9.18 Å². The Morgan fingerprint density at radius 1 is 1.20 bits per heavy atom. The normalized spacial score (nSPS) is 13.1. The van der Waals surface area contributed by atoms with Gasteiger partial charge in [-0.2, -0.15) is 5.10 Å². The number of nitrogens with one attached hydrogen (secondary N) is 1. The number of pyridine rings is 1. The van der Waals surface area contributed by atoms with E-state index < -0.39 is 0 Å². The van der Waals surface area contributed by atoms with Gasteiger partial charge in [0, 0.05) is 28.6 Å². The molecule has 0 radical (unpaired) electrons. The van der Waals surface area contributed by atoms with Crippen LogP contribution in [0.4, 0.5) is 4.39 Å². The van der Waals surface area contributed by atoms with Gasteiger partial charge in [0.05, 0.1) is 25.0 Å². The number of hydrogen-bond donors (Lipinski definition) is 1. The monoisotopic (exact) mass is 408 g/mol. The molecule has 2 aromatic heterocycles.